The first-order valence-electron chi connectivity index (χ1n) is 7.38. The summed E-state index contributed by atoms with van der Waals surface area (Å²) >= 11 is 12.2. The van der Waals surface area contributed by atoms with Crippen molar-refractivity contribution < 1.29 is 0 Å². The molecule has 0 heterocycles. The van der Waals surface area contributed by atoms with Crippen molar-refractivity contribution in [2.24, 2.45) is 5.73 Å². The Kier molecular flexibility index (Phi) is 5.36. The molecular formula is C16H24Cl2N2. The van der Waals surface area contributed by atoms with E-state index in [1.807, 2.05) is 12.1 Å². The number of nitrogens with zero attached hydrogens (tertiary/aromatic N) is 1. The second kappa shape index (κ2) is 6.65. The van der Waals surface area contributed by atoms with Gasteiger partial charge in [0.25, 0.3) is 0 Å². The Hall–Kier alpha value is -0.280. The summed E-state index contributed by atoms with van der Waals surface area (Å²) in [6, 6.07) is 6.66. The van der Waals surface area contributed by atoms with E-state index in [-0.39, 0.29) is 5.41 Å². The molecule has 0 amide bonds. The first-order valence-corrected chi connectivity index (χ1v) is 8.14. The van der Waals surface area contributed by atoms with Gasteiger partial charge in [0.1, 0.15) is 0 Å². The summed E-state index contributed by atoms with van der Waals surface area (Å²) in [7, 11) is 2.21. The topological polar surface area (TPSA) is 29.3 Å². The summed E-state index contributed by atoms with van der Waals surface area (Å²) in [4.78, 5) is 2.44. The Morgan fingerprint density at radius 1 is 1.25 bits per heavy atom. The Morgan fingerprint density at radius 3 is 2.40 bits per heavy atom. The minimum atomic E-state index is 0.0688. The van der Waals surface area contributed by atoms with E-state index in [9.17, 15) is 0 Å². The lowest BCUT2D eigenvalue weighted by molar-refractivity contribution is 0.155. The third-order valence-electron chi connectivity index (χ3n) is 4.96. The monoisotopic (exact) mass is 314 g/mol. The van der Waals surface area contributed by atoms with E-state index >= 15 is 0 Å². The maximum atomic E-state index is 6.17. The van der Waals surface area contributed by atoms with E-state index < -0.39 is 0 Å². The molecule has 2 N–H and O–H groups in total. The minimum Gasteiger partial charge on any atom is -0.330 e. The Bertz CT molecular complexity index is 454. The average Bonchev–Trinajstić information content (AvgIpc) is 2.49. The number of rotatable bonds is 4. The fourth-order valence-electron chi connectivity index (χ4n) is 3.29. The standard InChI is InChI=1S/C16H24Cl2N2/c1-3-20(2)13-6-8-16(11-19,9-7-13)12-4-5-14(17)15(18)10-12/h4-5,10,13H,3,6-9,11,19H2,1-2H3/t13-,16+. The molecule has 1 aliphatic rings. The third kappa shape index (κ3) is 3.14. The zero-order valence-electron chi connectivity index (χ0n) is 12.3. The molecule has 4 heteroatoms. The van der Waals surface area contributed by atoms with E-state index in [2.05, 4.69) is 24.9 Å². The molecule has 0 radical (unpaired) electrons. The van der Waals surface area contributed by atoms with Crippen molar-refractivity contribution in [2.45, 2.75) is 44.1 Å². The predicted octanol–water partition coefficient (Wildman–Crippen LogP) is 4.08. The number of halogens is 2. The average molecular weight is 315 g/mol. The molecule has 1 saturated carbocycles. The van der Waals surface area contributed by atoms with Crippen LogP contribution in [-0.4, -0.2) is 31.1 Å². The van der Waals surface area contributed by atoms with Crippen LogP contribution in [0.15, 0.2) is 18.2 Å². The van der Waals surface area contributed by atoms with Crippen molar-refractivity contribution in [1.29, 1.82) is 0 Å². The Balaban J connectivity index is 2.18. The normalized spacial score (nSPS) is 27.0. The quantitative estimate of drug-likeness (QED) is 0.907. The third-order valence-corrected chi connectivity index (χ3v) is 5.70. The van der Waals surface area contributed by atoms with Crippen LogP contribution in [0.25, 0.3) is 0 Å². The van der Waals surface area contributed by atoms with E-state index in [0.29, 0.717) is 22.6 Å². The van der Waals surface area contributed by atoms with Crippen LogP contribution < -0.4 is 5.73 Å². The van der Waals surface area contributed by atoms with Crippen LogP contribution in [0.3, 0.4) is 0 Å². The van der Waals surface area contributed by atoms with Crippen molar-refractivity contribution in [2.75, 3.05) is 20.1 Å². The van der Waals surface area contributed by atoms with Gasteiger partial charge in [0.05, 0.1) is 10.0 Å². The van der Waals surface area contributed by atoms with E-state index in [4.69, 9.17) is 28.9 Å². The summed E-state index contributed by atoms with van der Waals surface area (Å²) in [6.07, 6.45) is 4.64. The fourth-order valence-corrected chi connectivity index (χ4v) is 3.59. The van der Waals surface area contributed by atoms with Crippen molar-refractivity contribution >= 4 is 23.2 Å². The van der Waals surface area contributed by atoms with Crippen LogP contribution in [0.2, 0.25) is 10.0 Å². The molecule has 2 rings (SSSR count). The van der Waals surface area contributed by atoms with Crippen LogP contribution in [0, 0.1) is 0 Å². The minimum absolute atomic E-state index is 0.0688. The van der Waals surface area contributed by atoms with Crippen LogP contribution >= 0.6 is 23.2 Å². The Labute approximate surface area is 132 Å². The molecule has 1 aromatic carbocycles. The highest BCUT2D eigenvalue weighted by molar-refractivity contribution is 6.42. The maximum absolute atomic E-state index is 6.17. The highest BCUT2D eigenvalue weighted by atomic mass is 35.5. The van der Waals surface area contributed by atoms with Crippen LogP contribution in [0.4, 0.5) is 0 Å². The summed E-state index contributed by atoms with van der Waals surface area (Å²) in [5, 5.41) is 1.24. The van der Waals surface area contributed by atoms with Gasteiger partial charge in [0.15, 0.2) is 0 Å². The molecule has 0 aliphatic heterocycles. The smallest absolute Gasteiger partial charge is 0.0595 e. The molecule has 2 nitrogen and oxygen atoms in total. The lowest BCUT2D eigenvalue weighted by Gasteiger charge is -2.42. The second-order valence-electron chi connectivity index (χ2n) is 5.92. The van der Waals surface area contributed by atoms with Gasteiger partial charge >= 0.3 is 0 Å². The molecule has 0 aromatic heterocycles. The highest BCUT2D eigenvalue weighted by Gasteiger charge is 2.36. The first kappa shape index (κ1) is 16.1. The summed E-state index contributed by atoms with van der Waals surface area (Å²) < 4.78 is 0. The number of hydrogen-bond acceptors (Lipinski definition) is 2. The zero-order chi connectivity index (χ0) is 14.8. The molecular weight excluding hydrogens is 291 g/mol. The summed E-state index contributed by atoms with van der Waals surface area (Å²) in [6.45, 7) is 3.99. The van der Waals surface area contributed by atoms with Gasteiger partial charge in [-0.15, -0.1) is 0 Å². The van der Waals surface area contributed by atoms with Gasteiger partial charge < -0.3 is 10.6 Å². The molecule has 0 bridgehead atoms. The molecule has 112 valence electrons. The molecule has 1 aromatic rings. The second-order valence-corrected chi connectivity index (χ2v) is 6.73. The molecule has 0 atom stereocenters. The highest BCUT2D eigenvalue weighted by Crippen LogP contribution is 2.41. The lowest BCUT2D eigenvalue weighted by Crippen LogP contribution is -2.44. The summed E-state index contributed by atoms with van der Waals surface area (Å²) in [5.74, 6) is 0. The summed E-state index contributed by atoms with van der Waals surface area (Å²) in [5.41, 5.74) is 7.43. The van der Waals surface area contributed by atoms with Gasteiger partial charge in [-0.05, 0) is 57.0 Å². The first-order chi connectivity index (χ1) is 9.52. The van der Waals surface area contributed by atoms with Crippen LogP contribution in [0.5, 0.6) is 0 Å². The van der Waals surface area contributed by atoms with E-state index in [1.165, 1.54) is 18.4 Å². The van der Waals surface area contributed by atoms with E-state index in [0.717, 1.165) is 19.4 Å². The number of hydrogen-bond donors (Lipinski definition) is 1. The van der Waals surface area contributed by atoms with Gasteiger partial charge in [-0.1, -0.05) is 36.2 Å². The molecule has 0 spiro atoms. The van der Waals surface area contributed by atoms with Gasteiger partial charge in [-0.3, -0.25) is 0 Å². The van der Waals surface area contributed by atoms with Gasteiger partial charge in [-0.2, -0.15) is 0 Å². The number of nitrogens with two attached hydrogens (primary N) is 1. The number of benzene rings is 1. The lowest BCUT2D eigenvalue weighted by atomic mass is 9.68. The van der Waals surface area contributed by atoms with Gasteiger partial charge in [0, 0.05) is 18.0 Å². The van der Waals surface area contributed by atoms with Gasteiger partial charge in [-0.25, -0.2) is 0 Å². The van der Waals surface area contributed by atoms with Crippen molar-refractivity contribution in [3.63, 3.8) is 0 Å². The molecule has 1 fully saturated rings. The largest absolute Gasteiger partial charge is 0.330 e. The molecule has 0 saturated heterocycles. The Morgan fingerprint density at radius 2 is 1.90 bits per heavy atom. The predicted molar refractivity (Wildman–Crippen MR) is 87.8 cm³/mol. The van der Waals surface area contributed by atoms with Crippen molar-refractivity contribution in [3.8, 4) is 0 Å². The maximum Gasteiger partial charge on any atom is 0.0595 e. The van der Waals surface area contributed by atoms with Gasteiger partial charge in [0.2, 0.25) is 0 Å². The molecule has 20 heavy (non-hydrogen) atoms. The molecule has 0 unspecified atom stereocenters. The van der Waals surface area contributed by atoms with Crippen LogP contribution in [0.1, 0.15) is 38.2 Å². The van der Waals surface area contributed by atoms with Crippen molar-refractivity contribution in [3.05, 3.63) is 33.8 Å². The van der Waals surface area contributed by atoms with E-state index in [1.54, 1.807) is 0 Å². The fraction of sp³-hybridized carbons (Fsp3) is 0.625. The van der Waals surface area contributed by atoms with Crippen LogP contribution in [-0.2, 0) is 5.41 Å². The van der Waals surface area contributed by atoms with Crippen molar-refractivity contribution in [1.82, 2.24) is 4.90 Å². The SMILES string of the molecule is CCN(C)[C@H]1CC[C@@](CN)(c2ccc(Cl)c(Cl)c2)CC1. The molecule has 1 aliphatic carbocycles. The zero-order valence-corrected chi connectivity index (χ0v) is 13.8.